The third-order valence-corrected chi connectivity index (χ3v) is 7.40. The summed E-state index contributed by atoms with van der Waals surface area (Å²) in [7, 11) is 0. The highest BCUT2D eigenvalue weighted by molar-refractivity contribution is 6.32. The Labute approximate surface area is 175 Å². The minimum atomic E-state index is 0.505. The van der Waals surface area contributed by atoms with Gasteiger partial charge in [-0.05, 0) is 68.8 Å². The normalized spacial score (nSPS) is 22.1. The van der Waals surface area contributed by atoms with Gasteiger partial charge in [0.05, 0.1) is 49.4 Å². The molecule has 1 aliphatic carbocycles. The van der Waals surface area contributed by atoms with Crippen molar-refractivity contribution in [2.45, 2.75) is 50.1 Å². The minimum absolute atomic E-state index is 0.505. The quantitative estimate of drug-likeness (QED) is 0.646. The number of nitrogens with zero attached hydrogens (tertiary/aromatic N) is 5. The van der Waals surface area contributed by atoms with Crippen LogP contribution < -0.4 is 0 Å². The van der Waals surface area contributed by atoms with Crippen molar-refractivity contribution < 1.29 is 4.74 Å². The molecule has 1 saturated carbocycles. The first kappa shape index (κ1) is 17.9. The molecule has 0 unspecified atom stereocenters. The lowest BCUT2D eigenvalue weighted by Gasteiger charge is -2.41. The maximum Gasteiger partial charge on any atom is 0.103 e. The van der Waals surface area contributed by atoms with E-state index in [1.165, 1.54) is 24.8 Å². The Morgan fingerprint density at radius 2 is 1.79 bits per heavy atom. The molecular weight excluding hydrogens is 386 g/mol. The summed E-state index contributed by atoms with van der Waals surface area (Å²) in [5.74, 6) is 0.505. The first-order valence-electron chi connectivity index (χ1n) is 10.8. The molecule has 0 N–H and O–H groups in total. The van der Waals surface area contributed by atoms with Gasteiger partial charge in [0.2, 0.25) is 0 Å². The van der Waals surface area contributed by atoms with Gasteiger partial charge in [-0.1, -0.05) is 11.6 Å². The summed E-state index contributed by atoms with van der Waals surface area (Å²) in [5, 5.41) is 11.2. The van der Waals surface area contributed by atoms with Crippen LogP contribution in [0.4, 0.5) is 0 Å². The van der Waals surface area contributed by atoms with Crippen LogP contribution in [0.3, 0.4) is 0 Å². The molecule has 0 radical (unpaired) electrons. The maximum absolute atomic E-state index is 6.71. The van der Waals surface area contributed by atoms with Crippen LogP contribution in [0.25, 0.3) is 16.6 Å². The highest BCUT2D eigenvalue weighted by Crippen LogP contribution is 2.37. The number of rotatable bonds is 4. The van der Waals surface area contributed by atoms with Crippen molar-refractivity contribution in [1.29, 1.82) is 0 Å². The second kappa shape index (κ2) is 7.11. The lowest BCUT2D eigenvalue weighted by Crippen LogP contribution is -2.51. The van der Waals surface area contributed by atoms with E-state index in [0.29, 0.717) is 18.0 Å². The SMILES string of the molecule is Clc1cc2cnn(-c3cnn(C4CCC4)c3)c2cc1C1CCN(C2COC2)CC1. The van der Waals surface area contributed by atoms with E-state index in [4.69, 9.17) is 16.3 Å². The van der Waals surface area contributed by atoms with Gasteiger partial charge in [-0.2, -0.15) is 10.2 Å². The van der Waals surface area contributed by atoms with Gasteiger partial charge in [0.25, 0.3) is 0 Å². The molecule has 0 spiro atoms. The van der Waals surface area contributed by atoms with Crippen molar-refractivity contribution in [2.24, 2.45) is 0 Å². The molecule has 1 aromatic carbocycles. The number of likely N-dealkylation sites (tertiary alicyclic amines) is 1. The van der Waals surface area contributed by atoms with E-state index in [1.807, 2.05) is 17.1 Å². The average Bonchev–Trinajstić information content (AvgIpc) is 3.25. The van der Waals surface area contributed by atoms with Gasteiger partial charge in [0, 0.05) is 10.4 Å². The molecule has 29 heavy (non-hydrogen) atoms. The van der Waals surface area contributed by atoms with Crippen molar-refractivity contribution >= 4 is 22.5 Å². The maximum atomic E-state index is 6.71. The van der Waals surface area contributed by atoms with E-state index in [1.54, 1.807) is 0 Å². The van der Waals surface area contributed by atoms with E-state index in [2.05, 4.69) is 38.1 Å². The Morgan fingerprint density at radius 3 is 2.48 bits per heavy atom. The van der Waals surface area contributed by atoms with Gasteiger partial charge in [0.15, 0.2) is 0 Å². The molecule has 2 aliphatic heterocycles. The molecule has 0 amide bonds. The van der Waals surface area contributed by atoms with E-state index < -0.39 is 0 Å². The van der Waals surface area contributed by atoms with Crippen LogP contribution in [0, 0.1) is 0 Å². The summed E-state index contributed by atoms with van der Waals surface area (Å²) in [6.07, 6.45) is 12.0. The molecule has 6 rings (SSSR count). The van der Waals surface area contributed by atoms with E-state index in [-0.39, 0.29) is 0 Å². The fraction of sp³-hybridized carbons (Fsp3) is 0.545. The third kappa shape index (κ3) is 3.09. The highest BCUT2D eigenvalue weighted by atomic mass is 35.5. The highest BCUT2D eigenvalue weighted by Gasteiger charge is 2.31. The van der Waals surface area contributed by atoms with Crippen molar-refractivity contribution in [1.82, 2.24) is 24.5 Å². The number of ether oxygens (including phenoxy) is 1. The smallest absolute Gasteiger partial charge is 0.103 e. The monoisotopic (exact) mass is 411 g/mol. The Hall–Kier alpha value is -1.89. The molecule has 4 heterocycles. The summed E-state index contributed by atoms with van der Waals surface area (Å²) in [5.41, 5.74) is 3.41. The molecule has 152 valence electrons. The first-order chi connectivity index (χ1) is 14.3. The van der Waals surface area contributed by atoms with Crippen molar-refractivity contribution in [3.05, 3.63) is 41.3 Å². The first-order valence-corrected chi connectivity index (χ1v) is 11.2. The van der Waals surface area contributed by atoms with E-state index in [9.17, 15) is 0 Å². The molecular formula is C22H26ClN5O. The van der Waals surface area contributed by atoms with Crippen molar-refractivity contribution in [2.75, 3.05) is 26.3 Å². The number of piperidine rings is 1. The van der Waals surface area contributed by atoms with Crippen LogP contribution in [0.1, 0.15) is 49.6 Å². The van der Waals surface area contributed by atoms with Gasteiger partial charge < -0.3 is 4.74 Å². The summed E-state index contributed by atoms with van der Waals surface area (Å²) in [6, 6.07) is 5.53. The third-order valence-electron chi connectivity index (χ3n) is 7.07. The van der Waals surface area contributed by atoms with Crippen LogP contribution in [-0.2, 0) is 4.74 Å². The fourth-order valence-electron chi connectivity index (χ4n) is 4.88. The van der Waals surface area contributed by atoms with Crippen molar-refractivity contribution in [3.8, 4) is 5.69 Å². The number of hydrogen-bond acceptors (Lipinski definition) is 4. The largest absolute Gasteiger partial charge is 0.378 e. The second-order valence-corrected chi connectivity index (χ2v) is 9.16. The van der Waals surface area contributed by atoms with Gasteiger partial charge in [-0.25, -0.2) is 4.68 Å². The van der Waals surface area contributed by atoms with Crippen LogP contribution in [0.2, 0.25) is 5.02 Å². The number of fused-ring (bicyclic) bond motifs is 1. The number of benzene rings is 1. The summed E-state index contributed by atoms with van der Waals surface area (Å²) in [6.45, 7) is 4.04. The molecule has 6 nitrogen and oxygen atoms in total. The Bertz CT molecular complexity index is 1030. The molecule has 0 bridgehead atoms. The molecule has 7 heteroatoms. The van der Waals surface area contributed by atoms with Crippen LogP contribution in [-0.4, -0.2) is 56.8 Å². The zero-order valence-electron chi connectivity index (χ0n) is 16.5. The fourth-order valence-corrected chi connectivity index (χ4v) is 5.21. The van der Waals surface area contributed by atoms with Gasteiger partial charge in [-0.3, -0.25) is 9.58 Å². The molecule has 3 aliphatic rings. The zero-order chi connectivity index (χ0) is 19.4. The number of aromatic nitrogens is 4. The standard InChI is InChI=1S/C22H26ClN5O/c23-21-8-16-10-25-28(18-11-24-27(12-18)17-2-1-3-17)22(16)9-20(21)15-4-6-26(7-5-15)19-13-29-14-19/h8-12,15,17,19H,1-7,13-14H2. The molecule has 3 aromatic rings. The van der Waals surface area contributed by atoms with Crippen molar-refractivity contribution in [3.63, 3.8) is 0 Å². The molecule has 2 aromatic heterocycles. The Kier molecular flexibility index (Phi) is 4.40. The van der Waals surface area contributed by atoms with E-state index in [0.717, 1.165) is 60.8 Å². The predicted octanol–water partition coefficient (Wildman–Crippen LogP) is 4.18. The summed E-state index contributed by atoms with van der Waals surface area (Å²) >= 11 is 6.71. The molecule has 3 fully saturated rings. The van der Waals surface area contributed by atoms with Gasteiger partial charge in [-0.15, -0.1) is 0 Å². The Morgan fingerprint density at radius 1 is 0.966 bits per heavy atom. The second-order valence-electron chi connectivity index (χ2n) is 8.75. The zero-order valence-corrected chi connectivity index (χ0v) is 17.3. The van der Waals surface area contributed by atoms with Crippen LogP contribution in [0.15, 0.2) is 30.7 Å². The number of hydrogen-bond donors (Lipinski definition) is 0. The van der Waals surface area contributed by atoms with Crippen LogP contribution >= 0.6 is 11.6 Å². The summed E-state index contributed by atoms with van der Waals surface area (Å²) in [4.78, 5) is 2.57. The molecule has 2 saturated heterocycles. The summed E-state index contributed by atoms with van der Waals surface area (Å²) < 4.78 is 9.47. The van der Waals surface area contributed by atoms with Crippen LogP contribution in [0.5, 0.6) is 0 Å². The Balaban J connectivity index is 1.28. The molecule has 0 atom stereocenters. The predicted molar refractivity (Wildman–Crippen MR) is 113 cm³/mol. The lowest BCUT2D eigenvalue weighted by molar-refractivity contribution is -0.0712. The van der Waals surface area contributed by atoms with Gasteiger partial charge in [0.1, 0.15) is 5.69 Å². The lowest BCUT2D eigenvalue weighted by atomic mass is 9.88. The van der Waals surface area contributed by atoms with Gasteiger partial charge >= 0.3 is 0 Å². The average molecular weight is 412 g/mol. The minimum Gasteiger partial charge on any atom is -0.378 e. The topological polar surface area (TPSA) is 48.1 Å². The van der Waals surface area contributed by atoms with E-state index >= 15 is 0 Å². The number of halogens is 1.